The Balaban J connectivity index is 1.92. The third-order valence-corrected chi connectivity index (χ3v) is 5.34. The number of esters is 1. The summed E-state index contributed by atoms with van der Waals surface area (Å²) < 4.78 is 5.01. The molecule has 0 saturated heterocycles. The number of aryl methyl sites for hydroxylation is 1. The van der Waals surface area contributed by atoms with Crippen molar-refractivity contribution in [2.75, 3.05) is 17.7 Å². The molecular weight excluding hydrogens is 400 g/mol. The maximum absolute atomic E-state index is 12.5. The van der Waals surface area contributed by atoms with E-state index in [4.69, 9.17) is 28.6 Å². The Morgan fingerprint density at radius 3 is 2.37 bits per heavy atom. The summed E-state index contributed by atoms with van der Waals surface area (Å²) in [5, 5.41) is 7.88. The highest BCUT2D eigenvalue weighted by Gasteiger charge is 2.24. The summed E-state index contributed by atoms with van der Waals surface area (Å²) >= 11 is 12.8. The minimum absolute atomic E-state index is 0.378. The number of halogens is 1. The summed E-state index contributed by atoms with van der Waals surface area (Å²) in [5.41, 5.74) is 3.08. The maximum atomic E-state index is 12.5. The first-order valence-corrected chi connectivity index (χ1v) is 9.70. The molecule has 2 N–H and O–H groups in total. The standard InChI is InChI=1S/C20H17ClN2O2S2/c1-12-16(13-6-4-3-5-7-13)17(19(24)25-2)18(27-12)23-20(26)22-15-10-8-14(21)9-11-15/h3-11H,1-2H3,(H2,22,23,26). The molecule has 0 bridgehead atoms. The number of hydrogen-bond donors (Lipinski definition) is 2. The third-order valence-electron chi connectivity index (χ3n) is 3.87. The zero-order valence-corrected chi connectivity index (χ0v) is 17.1. The fraction of sp³-hybridized carbons (Fsp3) is 0.100. The highest BCUT2D eigenvalue weighted by atomic mass is 35.5. The molecule has 0 amide bonds. The van der Waals surface area contributed by atoms with Gasteiger partial charge in [0, 0.05) is 21.2 Å². The molecule has 0 spiro atoms. The summed E-state index contributed by atoms with van der Waals surface area (Å²) in [5.74, 6) is -0.407. The Morgan fingerprint density at radius 2 is 1.74 bits per heavy atom. The molecule has 138 valence electrons. The van der Waals surface area contributed by atoms with Gasteiger partial charge in [-0.2, -0.15) is 0 Å². The van der Waals surface area contributed by atoms with Crippen molar-refractivity contribution in [1.29, 1.82) is 0 Å². The van der Waals surface area contributed by atoms with E-state index in [1.54, 1.807) is 12.1 Å². The number of ether oxygens (including phenoxy) is 1. The molecule has 0 saturated carbocycles. The molecule has 0 aliphatic carbocycles. The van der Waals surface area contributed by atoms with Crippen LogP contribution >= 0.6 is 35.2 Å². The second-order valence-corrected chi connectivity index (χ2v) is 7.75. The van der Waals surface area contributed by atoms with Crippen molar-refractivity contribution in [3.05, 3.63) is 70.1 Å². The predicted molar refractivity (Wildman–Crippen MR) is 117 cm³/mol. The van der Waals surface area contributed by atoms with Gasteiger partial charge >= 0.3 is 5.97 Å². The zero-order valence-electron chi connectivity index (χ0n) is 14.7. The minimum Gasteiger partial charge on any atom is -0.465 e. The summed E-state index contributed by atoms with van der Waals surface area (Å²) in [6, 6.07) is 16.9. The van der Waals surface area contributed by atoms with E-state index in [-0.39, 0.29) is 0 Å². The number of hydrogen-bond acceptors (Lipinski definition) is 4. The van der Waals surface area contributed by atoms with Crippen molar-refractivity contribution < 1.29 is 9.53 Å². The lowest BCUT2D eigenvalue weighted by molar-refractivity contribution is 0.0603. The minimum atomic E-state index is -0.407. The van der Waals surface area contributed by atoms with Crippen LogP contribution in [-0.4, -0.2) is 18.2 Å². The second-order valence-electron chi connectivity index (χ2n) is 5.68. The van der Waals surface area contributed by atoms with Crippen LogP contribution in [0.1, 0.15) is 15.2 Å². The van der Waals surface area contributed by atoms with Crippen molar-refractivity contribution in [3.63, 3.8) is 0 Å². The lowest BCUT2D eigenvalue weighted by atomic mass is 10.0. The van der Waals surface area contributed by atoms with E-state index in [0.717, 1.165) is 21.7 Å². The van der Waals surface area contributed by atoms with Crippen molar-refractivity contribution in [1.82, 2.24) is 0 Å². The summed E-state index contributed by atoms with van der Waals surface area (Å²) in [6.07, 6.45) is 0. The number of anilines is 2. The molecule has 0 aliphatic heterocycles. The van der Waals surface area contributed by atoms with Crippen LogP contribution < -0.4 is 10.6 Å². The van der Waals surface area contributed by atoms with Crippen LogP contribution in [0.2, 0.25) is 5.02 Å². The van der Waals surface area contributed by atoms with Gasteiger partial charge in [-0.15, -0.1) is 11.3 Å². The third kappa shape index (κ3) is 4.47. The lowest BCUT2D eigenvalue weighted by Gasteiger charge is -2.11. The number of carbonyl (C=O) groups excluding carboxylic acids is 1. The number of carbonyl (C=O) groups is 1. The summed E-state index contributed by atoms with van der Waals surface area (Å²) in [4.78, 5) is 13.5. The molecule has 1 heterocycles. The van der Waals surface area contributed by atoms with Crippen LogP contribution in [-0.2, 0) is 4.74 Å². The van der Waals surface area contributed by atoms with Gasteiger partial charge in [0.25, 0.3) is 0 Å². The van der Waals surface area contributed by atoms with E-state index in [1.165, 1.54) is 18.4 Å². The summed E-state index contributed by atoms with van der Waals surface area (Å²) in [7, 11) is 1.37. The first-order valence-electron chi connectivity index (χ1n) is 8.10. The van der Waals surface area contributed by atoms with Gasteiger partial charge in [-0.1, -0.05) is 41.9 Å². The summed E-state index contributed by atoms with van der Waals surface area (Å²) in [6.45, 7) is 1.97. The van der Waals surface area contributed by atoms with E-state index in [1.807, 2.05) is 49.4 Å². The molecule has 0 fully saturated rings. The first-order chi connectivity index (χ1) is 13.0. The highest BCUT2D eigenvalue weighted by molar-refractivity contribution is 7.80. The molecule has 0 aliphatic rings. The maximum Gasteiger partial charge on any atom is 0.341 e. The smallest absolute Gasteiger partial charge is 0.341 e. The molecule has 7 heteroatoms. The topological polar surface area (TPSA) is 50.4 Å². The Labute approximate surface area is 172 Å². The normalized spacial score (nSPS) is 10.3. The van der Waals surface area contributed by atoms with Gasteiger partial charge < -0.3 is 15.4 Å². The van der Waals surface area contributed by atoms with Crippen LogP contribution in [0.4, 0.5) is 10.7 Å². The van der Waals surface area contributed by atoms with Crippen LogP contribution in [0.15, 0.2) is 54.6 Å². The van der Waals surface area contributed by atoms with Crippen molar-refractivity contribution in [2.45, 2.75) is 6.92 Å². The number of methoxy groups -OCH3 is 1. The number of thiophene rings is 1. The predicted octanol–water partition coefficient (Wildman–Crippen LogP) is 5.97. The lowest BCUT2D eigenvalue weighted by Crippen LogP contribution is -2.20. The zero-order chi connectivity index (χ0) is 19.4. The van der Waals surface area contributed by atoms with Gasteiger partial charge in [0.1, 0.15) is 10.6 Å². The van der Waals surface area contributed by atoms with Gasteiger partial charge in [-0.3, -0.25) is 0 Å². The molecule has 0 atom stereocenters. The van der Waals surface area contributed by atoms with E-state index in [2.05, 4.69) is 10.6 Å². The molecule has 27 heavy (non-hydrogen) atoms. The SMILES string of the molecule is COC(=O)c1c(NC(=S)Nc2ccc(Cl)cc2)sc(C)c1-c1ccccc1. The van der Waals surface area contributed by atoms with Crippen LogP contribution in [0.25, 0.3) is 11.1 Å². The molecule has 0 unspecified atom stereocenters. The first kappa shape index (κ1) is 19.4. The number of nitrogens with one attached hydrogen (secondary N) is 2. The Bertz CT molecular complexity index is 970. The van der Waals surface area contributed by atoms with Gasteiger partial charge in [0.2, 0.25) is 0 Å². The quantitative estimate of drug-likeness (QED) is 0.405. The molecule has 0 radical (unpaired) electrons. The average molecular weight is 417 g/mol. The monoisotopic (exact) mass is 416 g/mol. The van der Waals surface area contributed by atoms with E-state index in [0.29, 0.717) is 20.7 Å². The number of thiocarbonyl (C=S) groups is 1. The number of benzene rings is 2. The molecule has 3 aromatic rings. The van der Waals surface area contributed by atoms with E-state index in [9.17, 15) is 4.79 Å². The fourth-order valence-electron chi connectivity index (χ4n) is 2.68. The van der Waals surface area contributed by atoms with Crippen LogP contribution in [0, 0.1) is 6.92 Å². The Hall–Kier alpha value is -2.41. The highest BCUT2D eigenvalue weighted by Crippen LogP contribution is 2.40. The second kappa shape index (κ2) is 8.52. The molecule has 3 rings (SSSR count). The van der Waals surface area contributed by atoms with E-state index >= 15 is 0 Å². The average Bonchev–Trinajstić information content (AvgIpc) is 2.99. The fourth-order valence-corrected chi connectivity index (χ4v) is 4.16. The van der Waals surface area contributed by atoms with Gasteiger partial charge in [-0.05, 0) is 49.0 Å². The van der Waals surface area contributed by atoms with Crippen molar-refractivity contribution in [3.8, 4) is 11.1 Å². The Kier molecular flexibility index (Phi) is 6.11. The number of rotatable bonds is 4. The molecule has 4 nitrogen and oxygen atoms in total. The van der Waals surface area contributed by atoms with Crippen molar-refractivity contribution in [2.24, 2.45) is 0 Å². The van der Waals surface area contributed by atoms with Gasteiger partial charge in [0.05, 0.1) is 7.11 Å². The molecule has 2 aromatic carbocycles. The van der Waals surface area contributed by atoms with Crippen molar-refractivity contribution >= 4 is 56.9 Å². The largest absolute Gasteiger partial charge is 0.465 e. The van der Waals surface area contributed by atoms with Crippen LogP contribution in [0.5, 0.6) is 0 Å². The molecule has 1 aromatic heterocycles. The molecular formula is C20H17ClN2O2S2. The van der Waals surface area contributed by atoms with Crippen LogP contribution in [0.3, 0.4) is 0 Å². The van der Waals surface area contributed by atoms with Gasteiger partial charge in [0.15, 0.2) is 5.11 Å². The van der Waals surface area contributed by atoms with E-state index < -0.39 is 5.97 Å². The van der Waals surface area contributed by atoms with Gasteiger partial charge in [-0.25, -0.2) is 4.79 Å². The Morgan fingerprint density at radius 1 is 1.07 bits per heavy atom.